The molecule has 0 aromatic carbocycles. The molecule has 0 bridgehead atoms. The van der Waals surface area contributed by atoms with Crippen LogP contribution >= 0.6 is 23.4 Å². The number of hydrogen-bond acceptors (Lipinski definition) is 1. The molecule has 46 valence electrons. The molecule has 0 atom stereocenters. The lowest BCUT2D eigenvalue weighted by Crippen LogP contribution is -1.96. The summed E-state index contributed by atoms with van der Waals surface area (Å²) in [4.78, 5) is 0. The lowest BCUT2D eigenvalue weighted by molar-refractivity contribution is 1.17. The molecule has 0 N–H and O–H groups in total. The Morgan fingerprint density at radius 3 is 3.00 bits per heavy atom. The summed E-state index contributed by atoms with van der Waals surface area (Å²) in [6, 6.07) is 0. The average Bonchev–Trinajstić information content (AvgIpc) is 1.90. The molecule has 1 aliphatic rings. The molecule has 0 fully saturated rings. The van der Waals surface area contributed by atoms with E-state index < -0.39 is 0 Å². The van der Waals surface area contributed by atoms with E-state index in [1.807, 2.05) is 11.8 Å². The topological polar surface area (TPSA) is 0 Å². The average molecular weight is 149 g/mol. The highest BCUT2D eigenvalue weighted by Crippen LogP contribution is 2.16. The van der Waals surface area contributed by atoms with Crippen LogP contribution in [-0.2, 0) is 0 Å². The molecule has 0 saturated carbocycles. The minimum absolute atomic E-state index is 0.729. The number of rotatable bonds is 1. The predicted octanol–water partition coefficient (Wildman–Crippen LogP) is 2.29. The van der Waals surface area contributed by atoms with Gasteiger partial charge in [-0.3, -0.25) is 0 Å². The summed E-state index contributed by atoms with van der Waals surface area (Å²) in [6.45, 7) is 0. The van der Waals surface area contributed by atoms with Gasteiger partial charge in [0, 0.05) is 11.6 Å². The predicted molar refractivity (Wildman–Crippen MR) is 40.7 cm³/mol. The Labute approximate surface area is 59.3 Å². The maximum absolute atomic E-state index is 5.60. The summed E-state index contributed by atoms with van der Waals surface area (Å²) in [5, 5.41) is 0. The molecule has 0 aromatic rings. The molecule has 0 aromatic heterocycles. The summed E-state index contributed by atoms with van der Waals surface area (Å²) >= 11 is 7.57. The standard InChI is InChI=1S/C6H9ClS/c7-4-6-2-1-3-8-5-6/h2H,1,3-5H2. The second-order valence-electron chi connectivity index (χ2n) is 1.84. The highest BCUT2D eigenvalue weighted by Gasteiger charge is 2.00. The lowest BCUT2D eigenvalue weighted by atomic mass is 10.3. The van der Waals surface area contributed by atoms with Crippen LogP contribution in [0.5, 0.6) is 0 Å². The van der Waals surface area contributed by atoms with E-state index in [9.17, 15) is 0 Å². The van der Waals surface area contributed by atoms with Gasteiger partial charge < -0.3 is 0 Å². The fraction of sp³-hybridized carbons (Fsp3) is 0.667. The largest absolute Gasteiger partial charge is 0.157 e. The van der Waals surface area contributed by atoms with Crippen LogP contribution < -0.4 is 0 Å². The van der Waals surface area contributed by atoms with Crippen molar-refractivity contribution >= 4 is 23.4 Å². The Morgan fingerprint density at radius 1 is 1.75 bits per heavy atom. The van der Waals surface area contributed by atoms with Crippen molar-refractivity contribution in [2.24, 2.45) is 0 Å². The van der Waals surface area contributed by atoms with Gasteiger partial charge in [0.25, 0.3) is 0 Å². The third-order valence-corrected chi connectivity index (χ3v) is 2.60. The smallest absolute Gasteiger partial charge is 0.0441 e. The van der Waals surface area contributed by atoms with E-state index in [-0.39, 0.29) is 0 Å². The zero-order chi connectivity index (χ0) is 5.82. The normalized spacial score (nSPS) is 20.4. The summed E-state index contributed by atoms with van der Waals surface area (Å²) in [5.74, 6) is 3.16. The van der Waals surface area contributed by atoms with Gasteiger partial charge in [-0.05, 0) is 17.7 Å². The van der Waals surface area contributed by atoms with E-state index >= 15 is 0 Å². The molecule has 0 unspecified atom stereocenters. The van der Waals surface area contributed by atoms with Gasteiger partial charge in [-0.15, -0.1) is 11.6 Å². The van der Waals surface area contributed by atoms with Gasteiger partial charge in [0.15, 0.2) is 0 Å². The first kappa shape index (κ1) is 6.50. The van der Waals surface area contributed by atoms with Crippen LogP contribution in [0.1, 0.15) is 6.42 Å². The van der Waals surface area contributed by atoms with Crippen molar-refractivity contribution in [1.82, 2.24) is 0 Å². The summed E-state index contributed by atoms with van der Waals surface area (Å²) < 4.78 is 0. The Balaban J connectivity index is 2.37. The zero-order valence-corrected chi connectivity index (χ0v) is 6.26. The van der Waals surface area contributed by atoms with Gasteiger partial charge in [0.2, 0.25) is 0 Å². The van der Waals surface area contributed by atoms with Gasteiger partial charge in [0.05, 0.1) is 0 Å². The molecule has 1 aliphatic heterocycles. The second kappa shape index (κ2) is 3.41. The third-order valence-electron chi connectivity index (χ3n) is 1.15. The SMILES string of the molecule is ClCC1=CCCSC1. The Hall–Kier alpha value is 0.380. The number of halogens is 1. The minimum Gasteiger partial charge on any atom is -0.157 e. The molecule has 2 heteroatoms. The molecule has 0 aliphatic carbocycles. The fourth-order valence-electron chi connectivity index (χ4n) is 0.702. The quantitative estimate of drug-likeness (QED) is 0.406. The van der Waals surface area contributed by atoms with Crippen LogP contribution in [0, 0.1) is 0 Å². The molecule has 1 rings (SSSR count). The monoisotopic (exact) mass is 148 g/mol. The molecule has 0 radical (unpaired) electrons. The van der Waals surface area contributed by atoms with E-state index in [1.165, 1.54) is 17.7 Å². The molecule has 0 saturated heterocycles. The number of allylic oxidation sites excluding steroid dienone is 1. The Morgan fingerprint density at radius 2 is 2.62 bits per heavy atom. The van der Waals surface area contributed by atoms with Gasteiger partial charge in [-0.1, -0.05) is 6.08 Å². The van der Waals surface area contributed by atoms with Crippen LogP contribution in [0.4, 0.5) is 0 Å². The van der Waals surface area contributed by atoms with E-state index in [0.717, 1.165) is 11.6 Å². The number of hydrogen-bond donors (Lipinski definition) is 0. The van der Waals surface area contributed by atoms with Crippen LogP contribution in [-0.4, -0.2) is 17.4 Å². The molecular formula is C6H9ClS. The van der Waals surface area contributed by atoms with E-state index in [1.54, 1.807) is 0 Å². The van der Waals surface area contributed by atoms with Gasteiger partial charge in [-0.25, -0.2) is 0 Å². The minimum atomic E-state index is 0.729. The summed E-state index contributed by atoms with van der Waals surface area (Å²) in [5.41, 5.74) is 1.41. The maximum atomic E-state index is 5.60. The first-order valence-corrected chi connectivity index (χ1v) is 4.44. The third kappa shape index (κ3) is 1.71. The lowest BCUT2D eigenvalue weighted by Gasteiger charge is -2.07. The first-order valence-electron chi connectivity index (χ1n) is 2.75. The van der Waals surface area contributed by atoms with Crippen molar-refractivity contribution in [3.63, 3.8) is 0 Å². The Bertz CT molecular complexity index is 98.7. The van der Waals surface area contributed by atoms with Crippen molar-refractivity contribution in [2.45, 2.75) is 6.42 Å². The highest BCUT2D eigenvalue weighted by atomic mass is 35.5. The molecule has 1 heterocycles. The van der Waals surface area contributed by atoms with Crippen molar-refractivity contribution < 1.29 is 0 Å². The van der Waals surface area contributed by atoms with Crippen LogP contribution in [0.15, 0.2) is 11.6 Å². The van der Waals surface area contributed by atoms with Crippen LogP contribution in [0.2, 0.25) is 0 Å². The fourth-order valence-corrected chi connectivity index (χ4v) is 1.93. The van der Waals surface area contributed by atoms with Crippen molar-refractivity contribution in [2.75, 3.05) is 17.4 Å². The zero-order valence-electron chi connectivity index (χ0n) is 4.69. The number of alkyl halides is 1. The van der Waals surface area contributed by atoms with Gasteiger partial charge >= 0.3 is 0 Å². The van der Waals surface area contributed by atoms with Gasteiger partial charge in [-0.2, -0.15) is 11.8 Å². The first-order chi connectivity index (χ1) is 3.93. The van der Waals surface area contributed by atoms with Crippen LogP contribution in [0.25, 0.3) is 0 Å². The van der Waals surface area contributed by atoms with Crippen molar-refractivity contribution in [3.05, 3.63) is 11.6 Å². The van der Waals surface area contributed by atoms with Crippen LogP contribution in [0.3, 0.4) is 0 Å². The summed E-state index contributed by atoms with van der Waals surface area (Å²) in [7, 11) is 0. The molecular weight excluding hydrogens is 140 g/mol. The number of thioether (sulfide) groups is 1. The second-order valence-corrected chi connectivity index (χ2v) is 3.21. The highest BCUT2D eigenvalue weighted by molar-refractivity contribution is 7.99. The van der Waals surface area contributed by atoms with Crippen molar-refractivity contribution in [1.29, 1.82) is 0 Å². The van der Waals surface area contributed by atoms with Crippen molar-refractivity contribution in [3.8, 4) is 0 Å². The molecule has 0 nitrogen and oxygen atoms in total. The Kier molecular flexibility index (Phi) is 2.77. The molecule has 0 amide bonds. The molecule has 0 spiro atoms. The van der Waals surface area contributed by atoms with E-state index in [0.29, 0.717) is 0 Å². The summed E-state index contributed by atoms with van der Waals surface area (Å²) in [6.07, 6.45) is 3.47. The van der Waals surface area contributed by atoms with E-state index in [2.05, 4.69) is 6.08 Å². The molecule has 8 heavy (non-hydrogen) atoms. The maximum Gasteiger partial charge on any atom is 0.0441 e. The van der Waals surface area contributed by atoms with Gasteiger partial charge in [0.1, 0.15) is 0 Å². The van der Waals surface area contributed by atoms with E-state index in [4.69, 9.17) is 11.6 Å².